The molecule has 1 saturated heterocycles. The van der Waals surface area contributed by atoms with Crippen LogP contribution in [0.5, 0.6) is 0 Å². The van der Waals surface area contributed by atoms with E-state index >= 15 is 0 Å². The fourth-order valence-electron chi connectivity index (χ4n) is 2.78. The molecule has 1 aromatic carbocycles. The molecular formula is C20H18FNO4S2. The molecular weight excluding hydrogens is 401 g/mol. The van der Waals surface area contributed by atoms with E-state index in [9.17, 15) is 14.0 Å². The second kappa shape index (κ2) is 9.16. The van der Waals surface area contributed by atoms with Crippen molar-refractivity contribution in [2.24, 2.45) is 0 Å². The van der Waals surface area contributed by atoms with E-state index in [0.717, 1.165) is 0 Å². The van der Waals surface area contributed by atoms with E-state index < -0.39 is 5.97 Å². The number of carboxylic acids is 1. The smallest absolute Gasteiger partial charge is 0.303 e. The summed E-state index contributed by atoms with van der Waals surface area (Å²) in [5.74, 6) is -0.560. The zero-order valence-electron chi connectivity index (χ0n) is 14.9. The summed E-state index contributed by atoms with van der Waals surface area (Å²) in [6.45, 7) is 0.459. The first-order valence-electron chi connectivity index (χ1n) is 8.77. The number of carbonyl (C=O) groups is 2. The number of amides is 1. The first-order valence-corrected chi connectivity index (χ1v) is 10.00. The summed E-state index contributed by atoms with van der Waals surface area (Å²) in [5, 5.41) is 8.65. The first kappa shape index (κ1) is 20.3. The highest BCUT2D eigenvalue weighted by Crippen LogP contribution is 2.34. The van der Waals surface area contributed by atoms with Crippen LogP contribution in [0.15, 0.2) is 45.7 Å². The van der Waals surface area contributed by atoms with Crippen LogP contribution in [-0.2, 0) is 9.59 Å². The summed E-state index contributed by atoms with van der Waals surface area (Å²) in [7, 11) is 0. The summed E-state index contributed by atoms with van der Waals surface area (Å²) in [5.41, 5.74) is 0.357. The van der Waals surface area contributed by atoms with Crippen LogP contribution in [0.2, 0.25) is 0 Å². The summed E-state index contributed by atoms with van der Waals surface area (Å²) in [6.07, 6.45) is 3.71. The Bertz CT molecular complexity index is 938. The van der Waals surface area contributed by atoms with Crippen LogP contribution in [0.25, 0.3) is 17.4 Å². The molecule has 146 valence electrons. The third kappa shape index (κ3) is 4.88. The van der Waals surface area contributed by atoms with Crippen LogP contribution in [0.4, 0.5) is 4.39 Å². The zero-order valence-corrected chi connectivity index (χ0v) is 16.5. The van der Waals surface area contributed by atoms with Gasteiger partial charge in [0.25, 0.3) is 5.91 Å². The van der Waals surface area contributed by atoms with Gasteiger partial charge in [-0.1, -0.05) is 42.5 Å². The molecule has 1 N–H and O–H groups in total. The predicted molar refractivity (Wildman–Crippen MR) is 110 cm³/mol. The summed E-state index contributed by atoms with van der Waals surface area (Å²) in [4.78, 5) is 25.1. The Kier molecular flexibility index (Phi) is 6.64. The Hall–Kier alpha value is -2.45. The molecule has 0 saturated carbocycles. The molecule has 2 heterocycles. The van der Waals surface area contributed by atoms with Gasteiger partial charge >= 0.3 is 5.97 Å². The van der Waals surface area contributed by atoms with Gasteiger partial charge in [-0.2, -0.15) is 0 Å². The molecule has 0 aliphatic carbocycles. The quantitative estimate of drug-likeness (QED) is 0.372. The number of hydrogen-bond acceptors (Lipinski definition) is 5. The molecule has 0 bridgehead atoms. The molecule has 0 spiro atoms. The third-order valence-corrected chi connectivity index (χ3v) is 5.56. The Morgan fingerprint density at radius 1 is 1.21 bits per heavy atom. The van der Waals surface area contributed by atoms with Crippen LogP contribution < -0.4 is 0 Å². The van der Waals surface area contributed by atoms with Crippen molar-refractivity contribution in [1.29, 1.82) is 0 Å². The van der Waals surface area contributed by atoms with Crippen molar-refractivity contribution in [2.45, 2.75) is 25.7 Å². The van der Waals surface area contributed by atoms with Gasteiger partial charge in [0.1, 0.15) is 21.7 Å². The van der Waals surface area contributed by atoms with E-state index in [1.807, 2.05) is 0 Å². The lowest BCUT2D eigenvalue weighted by atomic mass is 10.1. The number of hydrogen-bond donors (Lipinski definition) is 1. The summed E-state index contributed by atoms with van der Waals surface area (Å²) >= 11 is 6.48. The molecule has 1 aliphatic heterocycles. The van der Waals surface area contributed by atoms with Crippen molar-refractivity contribution < 1.29 is 23.5 Å². The largest absolute Gasteiger partial charge is 0.481 e. The van der Waals surface area contributed by atoms with Gasteiger partial charge in [-0.15, -0.1) is 0 Å². The fraction of sp³-hybridized carbons (Fsp3) is 0.250. The Labute approximate surface area is 171 Å². The first-order chi connectivity index (χ1) is 13.5. The minimum absolute atomic E-state index is 0.126. The van der Waals surface area contributed by atoms with E-state index in [1.165, 1.54) is 22.7 Å². The number of thioether (sulfide) groups is 1. The number of unbranched alkanes of at least 4 members (excludes halogenated alkanes) is 2. The van der Waals surface area contributed by atoms with E-state index in [0.29, 0.717) is 52.1 Å². The molecule has 5 nitrogen and oxygen atoms in total. The minimum Gasteiger partial charge on any atom is -0.481 e. The number of carbonyl (C=O) groups excluding carboxylic acids is 1. The zero-order chi connectivity index (χ0) is 20.1. The molecule has 28 heavy (non-hydrogen) atoms. The lowest BCUT2D eigenvalue weighted by molar-refractivity contribution is -0.137. The number of halogens is 1. The van der Waals surface area contributed by atoms with Gasteiger partial charge in [0.05, 0.1) is 10.5 Å². The van der Waals surface area contributed by atoms with Crippen LogP contribution in [0, 0.1) is 5.82 Å². The number of rotatable bonds is 8. The van der Waals surface area contributed by atoms with Gasteiger partial charge in [-0.3, -0.25) is 14.5 Å². The van der Waals surface area contributed by atoms with Crippen LogP contribution in [0.3, 0.4) is 0 Å². The number of nitrogens with zero attached hydrogens (tertiary/aromatic N) is 1. The normalized spacial score (nSPS) is 15.6. The van der Waals surface area contributed by atoms with E-state index in [1.54, 1.807) is 36.4 Å². The van der Waals surface area contributed by atoms with Gasteiger partial charge in [0.2, 0.25) is 0 Å². The topological polar surface area (TPSA) is 70.8 Å². The van der Waals surface area contributed by atoms with Crippen molar-refractivity contribution in [3.63, 3.8) is 0 Å². The maximum Gasteiger partial charge on any atom is 0.303 e. The average molecular weight is 419 g/mol. The van der Waals surface area contributed by atoms with Crippen LogP contribution in [-0.4, -0.2) is 32.7 Å². The molecule has 1 aliphatic rings. The predicted octanol–water partition coefficient (Wildman–Crippen LogP) is 4.93. The van der Waals surface area contributed by atoms with Crippen molar-refractivity contribution in [1.82, 2.24) is 4.90 Å². The highest BCUT2D eigenvalue weighted by molar-refractivity contribution is 8.26. The molecule has 2 aromatic rings. The maximum absolute atomic E-state index is 13.9. The molecule has 3 rings (SSSR count). The highest BCUT2D eigenvalue weighted by Gasteiger charge is 2.31. The van der Waals surface area contributed by atoms with Gasteiger partial charge in [-0.05, 0) is 37.1 Å². The van der Waals surface area contributed by atoms with Crippen LogP contribution in [0.1, 0.15) is 31.4 Å². The van der Waals surface area contributed by atoms with Crippen molar-refractivity contribution in [2.75, 3.05) is 6.54 Å². The minimum atomic E-state index is -0.818. The standard InChI is InChI=1S/C20H18FNO4S2/c21-15-7-4-3-6-14(15)16-10-9-13(26-16)12-17-19(25)22(20(27)28-17)11-5-1-2-8-18(23)24/h3-4,6-7,9-10,12H,1-2,5,8,11H2,(H,23,24). The molecule has 0 unspecified atom stereocenters. The van der Waals surface area contributed by atoms with Crippen molar-refractivity contribution >= 4 is 46.3 Å². The Morgan fingerprint density at radius 3 is 2.75 bits per heavy atom. The SMILES string of the molecule is O=C(O)CCCCCN1C(=O)C(=Cc2ccc(-c3ccccc3F)o2)SC1=S. The number of furan rings is 1. The average Bonchev–Trinajstić information content (AvgIpc) is 3.21. The second-order valence-electron chi connectivity index (χ2n) is 6.22. The number of benzene rings is 1. The summed E-state index contributed by atoms with van der Waals surface area (Å²) < 4.78 is 20.0. The molecule has 1 amide bonds. The molecule has 0 radical (unpaired) electrons. The van der Waals surface area contributed by atoms with Crippen molar-refractivity contribution in [3.05, 3.63) is 52.9 Å². The number of thiocarbonyl (C=S) groups is 1. The third-order valence-electron chi connectivity index (χ3n) is 4.19. The number of aliphatic carboxylic acids is 1. The van der Waals surface area contributed by atoms with Gasteiger partial charge in [0.15, 0.2) is 0 Å². The van der Waals surface area contributed by atoms with E-state index in [-0.39, 0.29) is 18.1 Å². The van der Waals surface area contributed by atoms with Crippen molar-refractivity contribution in [3.8, 4) is 11.3 Å². The lowest BCUT2D eigenvalue weighted by Crippen LogP contribution is -2.29. The maximum atomic E-state index is 13.9. The monoisotopic (exact) mass is 419 g/mol. The van der Waals surface area contributed by atoms with E-state index in [2.05, 4.69) is 0 Å². The van der Waals surface area contributed by atoms with E-state index in [4.69, 9.17) is 21.7 Å². The Balaban J connectivity index is 1.64. The van der Waals surface area contributed by atoms with Gasteiger partial charge in [0, 0.05) is 19.0 Å². The Morgan fingerprint density at radius 2 is 2.00 bits per heavy atom. The second-order valence-corrected chi connectivity index (χ2v) is 7.90. The molecule has 1 fully saturated rings. The fourth-order valence-corrected chi connectivity index (χ4v) is 4.07. The molecule has 0 atom stereocenters. The number of carboxylic acid groups (broad SMARTS) is 1. The lowest BCUT2D eigenvalue weighted by Gasteiger charge is -2.13. The van der Waals surface area contributed by atoms with Gasteiger partial charge in [-0.25, -0.2) is 4.39 Å². The molecule has 8 heteroatoms. The van der Waals surface area contributed by atoms with Crippen LogP contribution >= 0.6 is 24.0 Å². The summed E-state index contributed by atoms with van der Waals surface area (Å²) in [6, 6.07) is 9.66. The molecule has 1 aromatic heterocycles. The van der Waals surface area contributed by atoms with Gasteiger partial charge < -0.3 is 9.52 Å². The highest BCUT2D eigenvalue weighted by atomic mass is 32.2.